The zero-order chi connectivity index (χ0) is 7.12. The summed E-state index contributed by atoms with van der Waals surface area (Å²) in [7, 11) is 0. The Balaban J connectivity index is 2.59. The average molecular weight is 144 g/mol. The molecule has 9 heavy (non-hydrogen) atoms. The first kappa shape index (κ1) is 6.79. The molecule has 0 aliphatic carbocycles. The maximum Gasteiger partial charge on any atom is 0.449 e. The molecule has 0 aromatic heterocycles. The van der Waals surface area contributed by atoms with Crippen LogP contribution in [0.4, 0.5) is 13.2 Å². The van der Waals surface area contributed by atoms with E-state index in [9.17, 15) is 13.2 Å². The Morgan fingerprint density at radius 2 is 1.67 bits per heavy atom. The molecule has 0 atom stereocenters. The molecule has 6 heteroatoms. The first-order valence-corrected chi connectivity index (χ1v) is 2.06. The van der Waals surface area contributed by atoms with E-state index in [0.29, 0.717) is 0 Å². The topological polar surface area (TPSA) is 27.7 Å². The van der Waals surface area contributed by atoms with E-state index in [0.717, 1.165) is 6.92 Å². The summed E-state index contributed by atoms with van der Waals surface area (Å²) in [4.78, 5) is 7.27. The SMILES string of the molecule is CC1(C(F)(F)F)OOO1. The number of alkyl halides is 3. The van der Waals surface area contributed by atoms with Gasteiger partial charge in [-0.3, -0.25) is 0 Å². The molecule has 0 amide bonds. The lowest BCUT2D eigenvalue weighted by Crippen LogP contribution is -2.54. The van der Waals surface area contributed by atoms with Gasteiger partial charge in [0.25, 0.3) is 0 Å². The van der Waals surface area contributed by atoms with Gasteiger partial charge in [0, 0.05) is 6.92 Å². The Bertz CT molecular complexity index is 116. The average Bonchev–Trinajstić information content (AvgIpc) is 1.57. The molecule has 0 N–H and O–H groups in total. The summed E-state index contributed by atoms with van der Waals surface area (Å²) in [6.45, 7) is 0.719. The van der Waals surface area contributed by atoms with Crippen LogP contribution in [0.3, 0.4) is 0 Å². The van der Waals surface area contributed by atoms with Crippen LogP contribution in [-0.2, 0) is 14.8 Å². The molecule has 0 spiro atoms. The second-order valence-corrected chi connectivity index (χ2v) is 1.68. The minimum absolute atomic E-state index is 0.719. The van der Waals surface area contributed by atoms with E-state index in [1.165, 1.54) is 0 Å². The molecule has 0 unspecified atom stereocenters. The second kappa shape index (κ2) is 1.59. The highest BCUT2D eigenvalue weighted by molar-refractivity contribution is 4.71. The van der Waals surface area contributed by atoms with Gasteiger partial charge in [0.05, 0.1) is 0 Å². The highest BCUT2D eigenvalue weighted by atomic mass is 19.4. The number of rotatable bonds is 0. The van der Waals surface area contributed by atoms with E-state index in [2.05, 4.69) is 14.8 Å². The predicted octanol–water partition coefficient (Wildman–Crippen LogP) is 1.16. The molecule has 54 valence electrons. The zero-order valence-corrected chi connectivity index (χ0v) is 4.36. The zero-order valence-electron chi connectivity index (χ0n) is 4.36. The molecule has 0 aromatic rings. The van der Waals surface area contributed by atoms with Crippen LogP contribution >= 0.6 is 0 Å². The predicted molar refractivity (Wildman–Crippen MR) is 17.7 cm³/mol. The van der Waals surface area contributed by atoms with Crippen molar-refractivity contribution in [2.75, 3.05) is 0 Å². The Morgan fingerprint density at radius 1 is 1.22 bits per heavy atom. The van der Waals surface area contributed by atoms with Crippen molar-refractivity contribution in [3.63, 3.8) is 0 Å². The molecular formula is C3H3F3O3. The Morgan fingerprint density at radius 3 is 1.67 bits per heavy atom. The largest absolute Gasteiger partial charge is 0.449 e. The van der Waals surface area contributed by atoms with Crippen molar-refractivity contribution in [1.29, 1.82) is 0 Å². The van der Waals surface area contributed by atoms with Crippen LogP contribution in [-0.4, -0.2) is 12.0 Å². The van der Waals surface area contributed by atoms with Gasteiger partial charge in [0.2, 0.25) is 0 Å². The Kier molecular flexibility index (Phi) is 1.20. The third-order valence-electron chi connectivity index (χ3n) is 0.901. The van der Waals surface area contributed by atoms with E-state index in [1.807, 2.05) is 0 Å². The molecule has 1 aliphatic heterocycles. The van der Waals surface area contributed by atoms with Gasteiger partial charge in [0.1, 0.15) is 0 Å². The van der Waals surface area contributed by atoms with Crippen molar-refractivity contribution in [1.82, 2.24) is 0 Å². The monoisotopic (exact) mass is 144 g/mol. The molecule has 1 aliphatic rings. The second-order valence-electron chi connectivity index (χ2n) is 1.68. The molecule has 0 radical (unpaired) electrons. The molecule has 1 saturated heterocycles. The summed E-state index contributed by atoms with van der Waals surface area (Å²) in [6.07, 6.45) is -4.54. The van der Waals surface area contributed by atoms with Crippen molar-refractivity contribution < 1.29 is 28.0 Å². The normalized spacial score (nSPS) is 25.3. The highest BCUT2D eigenvalue weighted by Crippen LogP contribution is 2.39. The van der Waals surface area contributed by atoms with Crippen LogP contribution < -0.4 is 0 Å². The van der Waals surface area contributed by atoms with Gasteiger partial charge in [-0.05, 0) is 0 Å². The molecule has 3 nitrogen and oxygen atoms in total. The first-order valence-electron chi connectivity index (χ1n) is 2.06. The third-order valence-corrected chi connectivity index (χ3v) is 0.901. The van der Waals surface area contributed by atoms with Crippen molar-refractivity contribution in [2.24, 2.45) is 0 Å². The van der Waals surface area contributed by atoms with E-state index in [-0.39, 0.29) is 0 Å². The van der Waals surface area contributed by atoms with Crippen molar-refractivity contribution in [3.8, 4) is 0 Å². The number of halogens is 3. The molecular weight excluding hydrogens is 141 g/mol. The molecule has 1 rings (SSSR count). The van der Waals surface area contributed by atoms with Crippen LogP contribution in [0.25, 0.3) is 0 Å². The molecule has 1 heterocycles. The smallest absolute Gasteiger partial charge is 0.165 e. The van der Waals surface area contributed by atoms with Crippen molar-refractivity contribution in [3.05, 3.63) is 0 Å². The van der Waals surface area contributed by atoms with Crippen LogP contribution in [0.2, 0.25) is 0 Å². The van der Waals surface area contributed by atoms with Crippen LogP contribution in [0.5, 0.6) is 0 Å². The lowest BCUT2D eigenvalue weighted by atomic mass is 10.3. The molecule has 0 bridgehead atoms. The number of hydrogen-bond acceptors (Lipinski definition) is 3. The van der Waals surface area contributed by atoms with E-state index in [1.54, 1.807) is 0 Å². The first-order chi connectivity index (χ1) is 3.96. The van der Waals surface area contributed by atoms with Crippen LogP contribution in [0, 0.1) is 0 Å². The highest BCUT2D eigenvalue weighted by Gasteiger charge is 2.62. The summed E-state index contributed by atoms with van der Waals surface area (Å²) < 4.78 is 34.7. The summed E-state index contributed by atoms with van der Waals surface area (Å²) in [6, 6.07) is 0. The van der Waals surface area contributed by atoms with Gasteiger partial charge in [-0.25, -0.2) is 0 Å². The quantitative estimate of drug-likeness (QED) is 0.477. The van der Waals surface area contributed by atoms with Crippen LogP contribution in [0.1, 0.15) is 6.92 Å². The third kappa shape index (κ3) is 0.887. The maximum atomic E-state index is 11.6. The van der Waals surface area contributed by atoms with Crippen molar-refractivity contribution in [2.45, 2.75) is 18.9 Å². The lowest BCUT2D eigenvalue weighted by molar-refractivity contribution is -0.755. The minimum atomic E-state index is -4.54. The molecule has 0 aromatic carbocycles. The fourth-order valence-corrected chi connectivity index (χ4v) is 0.231. The maximum absolute atomic E-state index is 11.6. The van der Waals surface area contributed by atoms with Crippen LogP contribution in [0.15, 0.2) is 0 Å². The summed E-state index contributed by atoms with van der Waals surface area (Å²) in [5, 5.41) is 3.44. The lowest BCUT2D eigenvalue weighted by Gasteiger charge is -2.34. The van der Waals surface area contributed by atoms with Gasteiger partial charge < -0.3 is 0 Å². The fraction of sp³-hybridized carbons (Fsp3) is 1.00. The van der Waals surface area contributed by atoms with Gasteiger partial charge in [-0.2, -0.15) is 22.9 Å². The summed E-state index contributed by atoms with van der Waals surface area (Å²) in [5.74, 6) is -2.56. The number of hydrogen-bond donors (Lipinski definition) is 0. The van der Waals surface area contributed by atoms with Crippen molar-refractivity contribution >= 4 is 0 Å². The van der Waals surface area contributed by atoms with E-state index < -0.39 is 12.0 Å². The Labute approximate surface area is 48.2 Å². The minimum Gasteiger partial charge on any atom is -0.165 e. The van der Waals surface area contributed by atoms with E-state index >= 15 is 0 Å². The van der Waals surface area contributed by atoms with Gasteiger partial charge in [-0.1, -0.05) is 5.04 Å². The molecule has 1 fully saturated rings. The summed E-state index contributed by atoms with van der Waals surface area (Å²) in [5.41, 5.74) is 0. The van der Waals surface area contributed by atoms with Gasteiger partial charge >= 0.3 is 12.0 Å². The standard InChI is InChI=1S/C3H3F3O3/c1-2(3(4,5)6)7-9-8-2/h1H3. The van der Waals surface area contributed by atoms with Gasteiger partial charge in [0.15, 0.2) is 0 Å². The summed E-state index contributed by atoms with van der Waals surface area (Å²) >= 11 is 0. The van der Waals surface area contributed by atoms with E-state index in [4.69, 9.17) is 0 Å². The van der Waals surface area contributed by atoms with Gasteiger partial charge in [-0.15, -0.1) is 0 Å². The fourth-order valence-electron chi connectivity index (χ4n) is 0.231. The molecule has 0 saturated carbocycles. The Hall–Kier alpha value is -0.330.